The van der Waals surface area contributed by atoms with Crippen LogP contribution in [0.15, 0.2) is 30.3 Å². The van der Waals surface area contributed by atoms with Gasteiger partial charge in [0.25, 0.3) is 0 Å². The van der Waals surface area contributed by atoms with E-state index in [9.17, 15) is 22.8 Å². The van der Waals surface area contributed by atoms with Crippen LogP contribution >= 0.6 is 0 Å². The number of ether oxygens (including phenoxy) is 2. The number of Topliss-reactive ketones (excluding diaryl/α,β-unsaturated/α-hetero) is 1. The maximum absolute atomic E-state index is 12.8. The van der Waals surface area contributed by atoms with Gasteiger partial charge in [-0.2, -0.15) is 4.98 Å². The van der Waals surface area contributed by atoms with Gasteiger partial charge in [0.05, 0.1) is 0 Å². The summed E-state index contributed by atoms with van der Waals surface area (Å²) in [6.45, 7) is 3.33. The minimum absolute atomic E-state index is 0.0788. The number of carbonyl (C=O) groups excluding carboxylic acids is 2. The second kappa shape index (κ2) is 8.53. The summed E-state index contributed by atoms with van der Waals surface area (Å²) in [4.78, 5) is 27.7. The molecule has 0 unspecified atom stereocenters. The Morgan fingerprint density at radius 2 is 1.94 bits per heavy atom. The molecule has 1 heterocycles. The fourth-order valence-corrected chi connectivity index (χ4v) is 6.47. The number of benzene rings is 1. The van der Waals surface area contributed by atoms with Gasteiger partial charge in [-0.15, -0.1) is 13.2 Å². The molecule has 4 atom stereocenters. The highest BCUT2D eigenvalue weighted by Gasteiger charge is 2.54. The molecule has 1 amide bonds. The van der Waals surface area contributed by atoms with Gasteiger partial charge in [0.1, 0.15) is 17.2 Å². The standard InChI is InChI=1S/C26H27F3N2O4/c1-14(32)30-21-8-10-23(31-24(21)35-26(27,28)29)34-16-4-6-17-15(13-16)3-5-19-18(17)11-12-25(2)20(19)7-9-22(25)33/h4,6,8,10,13,18-20H,3,5,7,9,11-12H2,1-2H3,(H,30,32)/t18-,19-,20+,25+/m1/s1. The fraction of sp³-hybridized carbons (Fsp3) is 0.500. The Morgan fingerprint density at radius 3 is 2.69 bits per heavy atom. The van der Waals surface area contributed by atoms with E-state index in [0.29, 0.717) is 35.7 Å². The summed E-state index contributed by atoms with van der Waals surface area (Å²) in [6.07, 6.45) is 0.491. The summed E-state index contributed by atoms with van der Waals surface area (Å²) >= 11 is 0. The minimum atomic E-state index is -4.97. The van der Waals surface area contributed by atoms with Crippen LogP contribution in [-0.4, -0.2) is 23.0 Å². The molecule has 0 saturated heterocycles. The van der Waals surface area contributed by atoms with Crippen LogP contribution in [0.5, 0.6) is 17.5 Å². The number of halogens is 3. The number of alkyl halides is 3. The van der Waals surface area contributed by atoms with Crippen molar-refractivity contribution in [1.29, 1.82) is 0 Å². The number of fused-ring (bicyclic) bond motifs is 5. The van der Waals surface area contributed by atoms with Gasteiger partial charge < -0.3 is 14.8 Å². The van der Waals surface area contributed by atoms with Crippen LogP contribution in [0.25, 0.3) is 0 Å². The summed E-state index contributed by atoms with van der Waals surface area (Å²) in [7, 11) is 0. The summed E-state index contributed by atoms with van der Waals surface area (Å²) in [6, 6.07) is 8.41. The highest BCUT2D eigenvalue weighted by molar-refractivity contribution is 5.90. The molecule has 186 valence electrons. The molecule has 35 heavy (non-hydrogen) atoms. The molecule has 1 N–H and O–H groups in total. The van der Waals surface area contributed by atoms with Crippen LogP contribution in [0.1, 0.15) is 63.0 Å². The predicted octanol–water partition coefficient (Wildman–Crippen LogP) is 6.16. The first-order chi connectivity index (χ1) is 16.5. The van der Waals surface area contributed by atoms with E-state index in [4.69, 9.17) is 4.74 Å². The second-order valence-corrected chi connectivity index (χ2v) is 10.0. The van der Waals surface area contributed by atoms with E-state index in [1.165, 1.54) is 30.2 Å². The molecule has 6 nitrogen and oxygen atoms in total. The lowest BCUT2D eigenvalue weighted by Gasteiger charge is -2.48. The molecule has 1 aromatic heterocycles. The molecule has 3 aliphatic rings. The fourth-order valence-electron chi connectivity index (χ4n) is 6.47. The molecule has 5 rings (SSSR count). The van der Waals surface area contributed by atoms with Crippen LogP contribution in [0.2, 0.25) is 0 Å². The van der Waals surface area contributed by atoms with Crippen molar-refractivity contribution in [2.75, 3.05) is 5.32 Å². The number of hydrogen-bond acceptors (Lipinski definition) is 5. The lowest BCUT2D eigenvalue weighted by atomic mass is 9.55. The predicted molar refractivity (Wildman–Crippen MR) is 121 cm³/mol. The number of carbonyl (C=O) groups is 2. The minimum Gasteiger partial charge on any atom is -0.439 e. The number of ketones is 1. The molecular weight excluding hydrogens is 461 g/mol. The van der Waals surface area contributed by atoms with Crippen LogP contribution in [0, 0.1) is 17.3 Å². The molecule has 1 aromatic carbocycles. The van der Waals surface area contributed by atoms with E-state index in [0.717, 1.165) is 32.1 Å². The van der Waals surface area contributed by atoms with Crippen molar-refractivity contribution in [2.24, 2.45) is 17.3 Å². The van der Waals surface area contributed by atoms with E-state index in [1.807, 2.05) is 18.2 Å². The van der Waals surface area contributed by atoms with E-state index in [2.05, 4.69) is 22.0 Å². The van der Waals surface area contributed by atoms with Gasteiger partial charge in [-0.05, 0) is 79.2 Å². The van der Waals surface area contributed by atoms with Gasteiger partial charge in [0, 0.05) is 24.8 Å². The summed E-state index contributed by atoms with van der Waals surface area (Å²) in [5.74, 6) is 0.829. The molecule has 0 radical (unpaired) electrons. The maximum Gasteiger partial charge on any atom is 0.574 e. The van der Waals surface area contributed by atoms with Crippen LogP contribution < -0.4 is 14.8 Å². The first-order valence-corrected chi connectivity index (χ1v) is 11.9. The Morgan fingerprint density at radius 1 is 1.14 bits per heavy atom. The Balaban J connectivity index is 1.37. The Hall–Kier alpha value is -3.10. The number of aromatic nitrogens is 1. The third-order valence-electron chi connectivity index (χ3n) is 7.99. The SMILES string of the molecule is CC(=O)Nc1ccc(Oc2ccc3c(c2)CC[C@@H]2[C@@H]3CC[C@]3(C)C(=O)CC[C@@H]23)nc1OC(F)(F)F. The third kappa shape index (κ3) is 4.48. The molecule has 0 bridgehead atoms. The zero-order valence-corrected chi connectivity index (χ0v) is 19.6. The topological polar surface area (TPSA) is 77.5 Å². The van der Waals surface area contributed by atoms with Gasteiger partial charge in [-0.3, -0.25) is 9.59 Å². The van der Waals surface area contributed by atoms with Crippen molar-refractivity contribution in [2.45, 2.75) is 64.7 Å². The molecule has 2 saturated carbocycles. The van der Waals surface area contributed by atoms with Gasteiger partial charge in [-0.25, -0.2) is 0 Å². The van der Waals surface area contributed by atoms with E-state index >= 15 is 0 Å². The first kappa shape index (κ1) is 23.6. The average Bonchev–Trinajstić information content (AvgIpc) is 3.08. The highest BCUT2D eigenvalue weighted by Crippen LogP contribution is 2.59. The number of amides is 1. The number of anilines is 1. The molecular formula is C26H27F3N2O4. The van der Waals surface area contributed by atoms with Gasteiger partial charge in [-0.1, -0.05) is 13.0 Å². The maximum atomic E-state index is 12.8. The van der Waals surface area contributed by atoms with Gasteiger partial charge in [0.15, 0.2) is 0 Å². The molecule has 9 heteroatoms. The van der Waals surface area contributed by atoms with E-state index in [1.54, 1.807) is 0 Å². The number of aryl methyl sites for hydroxylation is 1. The van der Waals surface area contributed by atoms with E-state index in [-0.39, 0.29) is 17.0 Å². The monoisotopic (exact) mass is 488 g/mol. The molecule has 0 spiro atoms. The van der Waals surface area contributed by atoms with Crippen molar-refractivity contribution < 1.29 is 32.2 Å². The lowest BCUT2D eigenvalue weighted by molar-refractivity contribution is -0.275. The quantitative estimate of drug-likeness (QED) is 0.558. The lowest BCUT2D eigenvalue weighted by Crippen LogP contribution is -2.42. The van der Waals surface area contributed by atoms with Crippen molar-refractivity contribution in [3.05, 3.63) is 41.5 Å². The summed E-state index contributed by atoms with van der Waals surface area (Å²) in [5, 5.41) is 2.27. The van der Waals surface area contributed by atoms with Crippen molar-refractivity contribution in [3.8, 4) is 17.5 Å². The third-order valence-corrected chi connectivity index (χ3v) is 7.99. The van der Waals surface area contributed by atoms with Gasteiger partial charge in [0.2, 0.25) is 17.7 Å². The average molecular weight is 489 g/mol. The smallest absolute Gasteiger partial charge is 0.439 e. The Kier molecular flexibility index (Phi) is 5.76. The molecule has 2 aromatic rings. The normalized spacial score (nSPS) is 27.5. The zero-order valence-electron chi connectivity index (χ0n) is 19.6. The first-order valence-electron chi connectivity index (χ1n) is 11.9. The summed E-state index contributed by atoms with van der Waals surface area (Å²) in [5.41, 5.74) is 2.07. The second-order valence-electron chi connectivity index (χ2n) is 10.0. The van der Waals surface area contributed by atoms with Crippen molar-refractivity contribution >= 4 is 17.4 Å². The van der Waals surface area contributed by atoms with Crippen molar-refractivity contribution in [1.82, 2.24) is 4.98 Å². The van der Waals surface area contributed by atoms with Crippen LogP contribution in [-0.2, 0) is 16.0 Å². The molecule has 3 aliphatic carbocycles. The van der Waals surface area contributed by atoms with Gasteiger partial charge >= 0.3 is 6.36 Å². The number of nitrogens with one attached hydrogen (secondary N) is 1. The largest absolute Gasteiger partial charge is 0.574 e. The molecule has 2 fully saturated rings. The number of nitrogens with zero attached hydrogens (tertiary/aromatic N) is 1. The van der Waals surface area contributed by atoms with Crippen LogP contribution in [0.4, 0.5) is 18.9 Å². The molecule has 0 aliphatic heterocycles. The Bertz CT molecular complexity index is 1180. The number of rotatable bonds is 4. The van der Waals surface area contributed by atoms with Crippen LogP contribution in [0.3, 0.4) is 0 Å². The van der Waals surface area contributed by atoms with Crippen molar-refractivity contribution in [3.63, 3.8) is 0 Å². The summed E-state index contributed by atoms with van der Waals surface area (Å²) < 4.78 is 48.3. The van der Waals surface area contributed by atoms with E-state index < -0.39 is 18.1 Å². The zero-order chi connectivity index (χ0) is 25.0. The highest BCUT2D eigenvalue weighted by atomic mass is 19.4. The number of pyridine rings is 1. The number of hydrogen-bond donors (Lipinski definition) is 1. The Labute approximate surface area is 201 Å².